The molecule has 2 aromatic carbocycles. The molecule has 1 N–H and O–H groups in total. The minimum Gasteiger partial charge on any atom is -0.387 e. The number of halogens is 1. The number of rotatable bonds is 9. The molecule has 0 aliphatic heterocycles. The van der Waals surface area contributed by atoms with Crippen LogP contribution in [0.5, 0.6) is 0 Å². The van der Waals surface area contributed by atoms with Crippen molar-refractivity contribution in [1.29, 1.82) is 0 Å². The van der Waals surface area contributed by atoms with Crippen LogP contribution in [0.1, 0.15) is 38.3 Å². The minimum atomic E-state index is -0.935. The van der Waals surface area contributed by atoms with Gasteiger partial charge >= 0.3 is 0 Å². The highest BCUT2D eigenvalue weighted by Gasteiger charge is 2.36. The van der Waals surface area contributed by atoms with Gasteiger partial charge in [0.25, 0.3) is 0 Å². The maximum Gasteiger partial charge on any atom is 0.0909 e. The monoisotopic (exact) mass is 359 g/mol. The van der Waals surface area contributed by atoms with Crippen LogP contribution in [-0.4, -0.2) is 27.5 Å². The van der Waals surface area contributed by atoms with Crippen molar-refractivity contribution in [2.24, 2.45) is 5.92 Å². The second-order valence-electron chi connectivity index (χ2n) is 7.51. The Kier molecular flexibility index (Phi) is 7.49. The van der Waals surface area contributed by atoms with E-state index in [0.717, 1.165) is 19.5 Å². The van der Waals surface area contributed by atoms with Crippen LogP contribution >= 0.6 is 11.6 Å². The Balaban J connectivity index is 2.32. The van der Waals surface area contributed by atoms with Gasteiger partial charge in [0.2, 0.25) is 0 Å². The highest BCUT2D eigenvalue weighted by Crippen LogP contribution is 2.27. The van der Waals surface area contributed by atoms with Crippen LogP contribution in [-0.2, 0) is 13.1 Å². The van der Waals surface area contributed by atoms with Crippen LogP contribution in [0.4, 0.5) is 0 Å². The van der Waals surface area contributed by atoms with Crippen molar-refractivity contribution in [1.82, 2.24) is 4.90 Å². The SMILES string of the molecule is CC(C)C[C@H](N(Cc1ccccc1)Cc1ccccc1)[C@@](C)(O)CCl. The van der Waals surface area contributed by atoms with E-state index in [2.05, 4.69) is 67.3 Å². The van der Waals surface area contributed by atoms with E-state index in [9.17, 15) is 5.11 Å². The third-order valence-corrected chi connectivity index (χ3v) is 5.12. The third kappa shape index (κ3) is 6.14. The van der Waals surface area contributed by atoms with Crippen molar-refractivity contribution in [3.05, 3.63) is 71.8 Å². The van der Waals surface area contributed by atoms with E-state index >= 15 is 0 Å². The molecule has 0 aromatic heterocycles. The molecule has 0 amide bonds. The maximum atomic E-state index is 11.0. The van der Waals surface area contributed by atoms with Gasteiger partial charge in [0.15, 0.2) is 0 Å². The molecule has 0 radical (unpaired) electrons. The van der Waals surface area contributed by atoms with Gasteiger partial charge in [0, 0.05) is 19.1 Å². The van der Waals surface area contributed by atoms with Gasteiger partial charge in [0.1, 0.15) is 0 Å². The summed E-state index contributed by atoms with van der Waals surface area (Å²) in [4.78, 5) is 2.37. The first kappa shape index (κ1) is 20.0. The van der Waals surface area contributed by atoms with Crippen LogP contribution in [0, 0.1) is 5.92 Å². The second-order valence-corrected chi connectivity index (χ2v) is 7.78. The van der Waals surface area contributed by atoms with Crippen molar-refractivity contribution in [3.63, 3.8) is 0 Å². The average molecular weight is 360 g/mol. The van der Waals surface area contributed by atoms with E-state index in [1.54, 1.807) is 0 Å². The molecule has 0 aliphatic carbocycles. The zero-order valence-electron chi connectivity index (χ0n) is 15.5. The number of aliphatic hydroxyl groups is 1. The maximum absolute atomic E-state index is 11.0. The fourth-order valence-electron chi connectivity index (χ4n) is 3.24. The first-order chi connectivity index (χ1) is 11.9. The van der Waals surface area contributed by atoms with Crippen LogP contribution in [0.3, 0.4) is 0 Å². The van der Waals surface area contributed by atoms with Gasteiger partial charge in [0.05, 0.1) is 11.5 Å². The zero-order valence-corrected chi connectivity index (χ0v) is 16.3. The highest BCUT2D eigenvalue weighted by molar-refractivity contribution is 6.18. The Hall–Kier alpha value is -1.35. The fourth-order valence-corrected chi connectivity index (χ4v) is 3.42. The summed E-state index contributed by atoms with van der Waals surface area (Å²) < 4.78 is 0. The van der Waals surface area contributed by atoms with E-state index in [1.165, 1.54) is 11.1 Å². The van der Waals surface area contributed by atoms with Crippen LogP contribution in [0.25, 0.3) is 0 Å². The van der Waals surface area contributed by atoms with E-state index in [-0.39, 0.29) is 11.9 Å². The Morgan fingerprint density at radius 1 is 0.920 bits per heavy atom. The van der Waals surface area contributed by atoms with Gasteiger partial charge in [-0.1, -0.05) is 74.5 Å². The predicted molar refractivity (Wildman–Crippen MR) is 107 cm³/mol. The molecule has 0 bridgehead atoms. The lowest BCUT2D eigenvalue weighted by molar-refractivity contribution is -0.0330. The summed E-state index contributed by atoms with van der Waals surface area (Å²) >= 11 is 6.14. The second kappa shape index (κ2) is 9.38. The molecule has 0 aliphatic rings. The normalized spacial score (nSPS) is 15.3. The Morgan fingerprint density at radius 2 is 1.36 bits per heavy atom. The molecule has 2 aromatic rings. The van der Waals surface area contributed by atoms with Gasteiger partial charge in [-0.05, 0) is 30.4 Å². The summed E-state index contributed by atoms with van der Waals surface area (Å²) in [5.74, 6) is 0.707. The van der Waals surface area contributed by atoms with Gasteiger partial charge in [-0.3, -0.25) is 4.90 Å². The number of nitrogens with zero attached hydrogens (tertiary/aromatic N) is 1. The molecule has 2 atom stereocenters. The summed E-state index contributed by atoms with van der Waals surface area (Å²) in [6.07, 6.45) is 0.902. The van der Waals surface area contributed by atoms with Crippen molar-refractivity contribution >= 4 is 11.6 Å². The minimum absolute atomic E-state index is 0.00888. The van der Waals surface area contributed by atoms with Crippen LogP contribution in [0.2, 0.25) is 0 Å². The molecular weight excluding hydrogens is 330 g/mol. The van der Waals surface area contributed by atoms with Crippen LogP contribution in [0.15, 0.2) is 60.7 Å². The Labute approximate surface area is 157 Å². The predicted octanol–water partition coefficient (Wildman–Crippen LogP) is 5.09. The molecule has 0 saturated carbocycles. The first-order valence-corrected chi connectivity index (χ1v) is 9.56. The number of hydrogen-bond acceptors (Lipinski definition) is 2. The van der Waals surface area contributed by atoms with E-state index in [4.69, 9.17) is 11.6 Å². The van der Waals surface area contributed by atoms with Gasteiger partial charge in [-0.2, -0.15) is 0 Å². The summed E-state index contributed by atoms with van der Waals surface area (Å²) in [5.41, 5.74) is 1.56. The lowest BCUT2D eigenvalue weighted by atomic mass is 9.88. The molecule has 3 heteroatoms. The summed E-state index contributed by atoms with van der Waals surface area (Å²) in [6, 6.07) is 20.9. The van der Waals surface area contributed by atoms with Crippen LogP contribution < -0.4 is 0 Å². The van der Waals surface area contributed by atoms with E-state index < -0.39 is 5.60 Å². The van der Waals surface area contributed by atoms with Gasteiger partial charge in [-0.25, -0.2) is 0 Å². The topological polar surface area (TPSA) is 23.5 Å². The third-order valence-electron chi connectivity index (χ3n) is 4.58. The smallest absolute Gasteiger partial charge is 0.0909 e. The molecule has 0 saturated heterocycles. The molecule has 0 spiro atoms. The molecule has 2 rings (SSSR count). The van der Waals surface area contributed by atoms with Crippen molar-refractivity contribution in [2.45, 2.75) is 51.9 Å². The fraction of sp³-hybridized carbons (Fsp3) is 0.455. The van der Waals surface area contributed by atoms with Crippen molar-refractivity contribution in [2.75, 3.05) is 5.88 Å². The average Bonchev–Trinajstić information content (AvgIpc) is 2.61. The number of hydrogen-bond donors (Lipinski definition) is 1. The summed E-state index contributed by atoms with van der Waals surface area (Å²) in [6.45, 7) is 7.83. The lowest BCUT2D eigenvalue weighted by Gasteiger charge is -2.41. The molecule has 25 heavy (non-hydrogen) atoms. The molecule has 136 valence electrons. The first-order valence-electron chi connectivity index (χ1n) is 9.02. The van der Waals surface area contributed by atoms with Gasteiger partial charge < -0.3 is 5.11 Å². The van der Waals surface area contributed by atoms with E-state index in [1.807, 2.05) is 19.1 Å². The Morgan fingerprint density at radius 3 is 1.72 bits per heavy atom. The quantitative estimate of drug-likeness (QED) is 0.630. The molecule has 0 fully saturated rings. The molecular formula is C22H30ClNO. The number of alkyl halides is 1. The largest absolute Gasteiger partial charge is 0.387 e. The van der Waals surface area contributed by atoms with Crippen molar-refractivity contribution < 1.29 is 5.11 Å². The summed E-state index contributed by atoms with van der Waals surface area (Å²) in [5, 5.41) is 11.0. The Bertz CT molecular complexity index is 571. The standard InChI is InChI=1S/C22H30ClNO/c1-18(2)14-21(22(3,25)17-23)24(15-19-10-6-4-7-11-19)16-20-12-8-5-9-13-20/h4-13,18,21,25H,14-17H2,1-3H3/t21-,22-/m0/s1. The summed E-state index contributed by atoms with van der Waals surface area (Å²) in [7, 11) is 0. The lowest BCUT2D eigenvalue weighted by Crippen LogP contribution is -2.52. The van der Waals surface area contributed by atoms with E-state index in [0.29, 0.717) is 5.92 Å². The zero-order chi connectivity index (χ0) is 18.3. The number of benzene rings is 2. The molecule has 2 nitrogen and oxygen atoms in total. The van der Waals surface area contributed by atoms with Gasteiger partial charge in [-0.15, -0.1) is 11.6 Å². The molecule has 0 unspecified atom stereocenters. The van der Waals surface area contributed by atoms with Crippen molar-refractivity contribution in [3.8, 4) is 0 Å². The highest BCUT2D eigenvalue weighted by atomic mass is 35.5. The molecule has 0 heterocycles.